The number of benzene rings is 3. The largest absolute Gasteiger partial charge is 1.00 e. The van der Waals surface area contributed by atoms with Gasteiger partial charge >= 0.3 is 388 Å². The van der Waals surface area contributed by atoms with Crippen molar-refractivity contribution in [3.8, 4) is 0 Å². The van der Waals surface area contributed by atoms with Crippen molar-refractivity contribution in [2.75, 3.05) is 0 Å². The molecule has 0 bridgehead atoms. The molecule has 0 radical (unpaired) electrons. The van der Waals surface area contributed by atoms with Crippen LogP contribution in [0.4, 0.5) is 0 Å². The smallest absolute Gasteiger partial charge is 1.00 e. The molecule has 0 aliphatic heterocycles. The molecular weight excluding hydrogens is 963 g/mol. The van der Waals surface area contributed by atoms with E-state index < -0.39 is 56.5 Å². The molecule has 3 aromatic rings. The van der Waals surface area contributed by atoms with Crippen molar-refractivity contribution in [3.05, 3.63) is 73.9 Å². The molecule has 0 heterocycles. The SMILES string of the molecule is CC1=C(C)[C]([Ti+3])([Si](c2cc([Si](C)(C)C)c(C)c([Si](C)(C)C)c2C)(c2cc([Si](C)(C)C)c(C)c([Si](C)(C)C)c2C)c2cc([Si](C)(C)C)c(C)c([Si](C)(C)C)c2C)C(C)=C1C.[Cl-].[Cl-].[Cl-]. The molecule has 1 aliphatic carbocycles. The third kappa shape index (κ3) is 9.75. The Morgan fingerprint density at radius 2 is 0.484 bits per heavy atom. The summed E-state index contributed by atoms with van der Waals surface area (Å²) in [7, 11) is -14.1. The molecule has 3 aromatic carbocycles. The normalized spacial score (nSPS) is 15.5. The minimum absolute atomic E-state index is 0. The summed E-state index contributed by atoms with van der Waals surface area (Å²) in [5.41, 5.74) is 16.1. The van der Waals surface area contributed by atoms with Crippen LogP contribution in [-0.2, 0) is 20.4 Å². The fourth-order valence-corrected chi connectivity index (χ4v) is 36.1. The Kier molecular flexibility index (Phi) is 18.4. The Morgan fingerprint density at radius 1 is 0.306 bits per heavy atom. The standard InChI is InChI=1S/C51H87Si7.3ClH.Ti/c1-32-33(2)35(4)51(34(32)3)58(45-29-42(52(11,12)13)36(5)48(39(45)8)55(20,21)22,46-30-43(53(14,15)16)37(6)49(40(46)9)56(23,24)25)47-31-44(54(17,18)19)38(7)50(41(47)10)57(26,27)28;;;;/h29-31H,1-28H3;3*1H;/q;;;;+3/p-3. The number of hydrogen-bond donors (Lipinski definition) is 0. The fourth-order valence-electron chi connectivity index (χ4n) is 12.6. The van der Waals surface area contributed by atoms with Crippen LogP contribution >= 0.6 is 0 Å². The van der Waals surface area contributed by atoms with Crippen molar-refractivity contribution >= 4 is 103 Å². The summed E-state index contributed by atoms with van der Waals surface area (Å²) in [5.74, 6) is 0. The van der Waals surface area contributed by atoms with Gasteiger partial charge in [0.2, 0.25) is 0 Å². The second kappa shape index (κ2) is 19.0. The minimum Gasteiger partial charge on any atom is -1.00 e. The van der Waals surface area contributed by atoms with Gasteiger partial charge in [-0.3, -0.25) is 0 Å². The van der Waals surface area contributed by atoms with E-state index in [1.165, 1.54) is 11.1 Å². The second-order valence-corrected chi connectivity index (χ2v) is 61.2. The Labute approximate surface area is 421 Å². The van der Waals surface area contributed by atoms with Gasteiger partial charge < -0.3 is 37.2 Å². The van der Waals surface area contributed by atoms with Crippen LogP contribution in [0.3, 0.4) is 0 Å². The van der Waals surface area contributed by atoms with Gasteiger partial charge in [-0.2, -0.15) is 0 Å². The van der Waals surface area contributed by atoms with Gasteiger partial charge in [0, 0.05) is 0 Å². The van der Waals surface area contributed by atoms with Crippen molar-refractivity contribution in [1.29, 1.82) is 0 Å². The first-order valence-electron chi connectivity index (χ1n) is 22.7. The molecule has 11 heteroatoms. The molecule has 0 N–H and O–H groups in total. The molecule has 0 nitrogen and oxygen atoms in total. The van der Waals surface area contributed by atoms with Crippen LogP contribution in [0.1, 0.15) is 61.1 Å². The van der Waals surface area contributed by atoms with Crippen LogP contribution in [0.25, 0.3) is 0 Å². The number of rotatable bonds is 10. The Bertz CT molecular complexity index is 2060. The first-order chi connectivity index (χ1) is 26.1. The zero-order valence-corrected chi connectivity index (χ0v) is 55.7. The quantitative estimate of drug-likeness (QED) is 0.212. The third-order valence-corrected chi connectivity index (χ3v) is 36.7. The molecule has 0 amide bonds. The van der Waals surface area contributed by atoms with Gasteiger partial charge in [-0.1, -0.05) is 0 Å². The number of halogens is 3. The molecule has 0 aromatic heterocycles. The summed E-state index contributed by atoms with van der Waals surface area (Å²) in [5, 5.41) is 15.5. The predicted octanol–water partition coefficient (Wildman–Crippen LogP) is 1.22. The average Bonchev–Trinajstić information content (AvgIpc) is 3.15. The van der Waals surface area contributed by atoms with Crippen LogP contribution in [0.5, 0.6) is 0 Å². The van der Waals surface area contributed by atoms with Crippen molar-refractivity contribution in [2.24, 2.45) is 0 Å². The summed E-state index contributed by atoms with van der Waals surface area (Å²) in [6.07, 6.45) is 0. The molecule has 62 heavy (non-hydrogen) atoms. The zero-order valence-electron chi connectivity index (χ0n) is 44.9. The van der Waals surface area contributed by atoms with E-state index in [-0.39, 0.29) is 40.6 Å². The van der Waals surface area contributed by atoms with E-state index in [0.29, 0.717) is 0 Å². The van der Waals surface area contributed by atoms with Gasteiger partial charge in [-0.25, -0.2) is 0 Å². The van der Waals surface area contributed by atoms with Gasteiger partial charge in [-0.15, -0.1) is 0 Å². The molecule has 1 aliphatic rings. The van der Waals surface area contributed by atoms with E-state index in [0.717, 1.165) is 0 Å². The summed E-state index contributed by atoms with van der Waals surface area (Å²) in [6, 6.07) is 8.76. The molecule has 0 spiro atoms. The monoisotopic (exact) mass is 1050 g/mol. The third-order valence-electron chi connectivity index (χ3n) is 14.8. The summed E-state index contributed by atoms with van der Waals surface area (Å²) in [6.45, 7) is 72.9. The summed E-state index contributed by atoms with van der Waals surface area (Å²) in [4.78, 5) is 0. The average molecular weight is 1050 g/mol. The Hall–Kier alpha value is 0.242. The molecular formula is C51H87Cl3Si7Ti. The number of allylic oxidation sites excluding steroid dienone is 4. The van der Waals surface area contributed by atoms with Gasteiger partial charge in [0.15, 0.2) is 0 Å². The summed E-state index contributed by atoms with van der Waals surface area (Å²) < 4.78 is -0.171. The van der Waals surface area contributed by atoms with Gasteiger partial charge in [0.25, 0.3) is 0 Å². The molecule has 0 saturated heterocycles. The molecule has 0 unspecified atom stereocenters. The van der Waals surface area contributed by atoms with E-state index in [2.05, 4.69) is 226 Å². The van der Waals surface area contributed by atoms with Crippen molar-refractivity contribution in [1.82, 2.24) is 0 Å². The molecule has 0 fully saturated rings. The van der Waals surface area contributed by atoms with Crippen LogP contribution in [0.15, 0.2) is 40.5 Å². The number of hydrogen-bond acceptors (Lipinski definition) is 0. The van der Waals surface area contributed by atoms with E-state index in [1.54, 1.807) is 91.2 Å². The van der Waals surface area contributed by atoms with Gasteiger partial charge in [0.1, 0.15) is 0 Å². The zero-order chi connectivity index (χ0) is 46.1. The van der Waals surface area contributed by atoms with E-state index in [4.69, 9.17) is 0 Å². The minimum atomic E-state index is -3.17. The predicted molar refractivity (Wildman–Crippen MR) is 290 cm³/mol. The maximum atomic E-state index is 2.92. The van der Waals surface area contributed by atoms with E-state index in [9.17, 15) is 0 Å². The van der Waals surface area contributed by atoms with E-state index in [1.807, 2.05) is 0 Å². The van der Waals surface area contributed by atoms with Crippen molar-refractivity contribution in [2.45, 2.75) is 190 Å². The van der Waals surface area contributed by atoms with Crippen LogP contribution in [-0.4, -0.2) is 56.5 Å². The van der Waals surface area contributed by atoms with Gasteiger partial charge in [0.05, 0.1) is 0 Å². The Balaban J connectivity index is 0.00000641. The van der Waals surface area contributed by atoms with Crippen molar-refractivity contribution in [3.63, 3.8) is 0 Å². The Morgan fingerprint density at radius 3 is 0.645 bits per heavy atom. The van der Waals surface area contributed by atoms with Gasteiger partial charge in [-0.05, 0) is 0 Å². The molecule has 4 rings (SSSR count). The van der Waals surface area contributed by atoms with Crippen molar-refractivity contribution < 1.29 is 57.7 Å². The van der Waals surface area contributed by atoms with Crippen LogP contribution in [0.2, 0.25) is 121 Å². The second-order valence-electron chi connectivity index (χ2n) is 25.3. The molecule has 0 atom stereocenters. The first-order valence-corrected chi connectivity index (χ1v) is 46.5. The summed E-state index contributed by atoms with van der Waals surface area (Å²) >= 11 is 2.79. The fraction of sp³-hybridized carbons (Fsp3) is 0.569. The maximum absolute atomic E-state index is 3.17. The van der Waals surface area contributed by atoms with Crippen LogP contribution < -0.4 is 83.9 Å². The molecule has 0 saturated carbocycles. The van der Waals surface area contributed by atoms with E-state index >= 15 is 0 Å². The topological polar surface area (TPSA) is 0 Å². The first kappa shape index (κ1) is 60.3. The maximum Gasteiger partial charge on any atom is -1.00 e. The van der Waals surface area contributed by atoms with Crippen LogP contribution in [0, 0.1) is 41.5 Å². The molecule has 344 valence electrons.